The van der Waals surface area contributed by atoms with Gasteiger partial charge in [-0.05, 0) is 42.4 Å². The lowest BCUT2D eigenvalue weighted by molar-refractivity contribution is -0.140. The second-order valence-electron chi connectivity index (χ2n) is 5.94. The van der Waals surface area contributed by atoms with E-state index >= 15 is 0 Å². The van der Waals surface area contributed by atoms with Gasteiger partial charge in [-0.15, -0.1) is 24.0 Å². The van der Waals surface area contributed by atoms with Gasteiger partial charge in [-0.25, -0.2) is 4.39 Å². The summed E-state index contributed by atoms with van der Waals surface area (Å²) in [4.78, 5) is 15.2. The van der Waals surface area contributed by atoms with Gasteiger partial charge >= 0.3 is 5.97 Å². The quantitative estimate of drug-likeness (QED) is 0.154. The molecule has 0 aliphatic heterocycles. The van der Waals surface area contributed by atoms with E-state index < -0.39 is 0 Å². The first kappa shape index (κ1) is 26.0. The Bertz CT molecular complexity index is 588. The summed E-state index contributed by atoms with van der Waals surface area (Å²) in [5.74, 6) is 1.17. The van der Waals surface area contributed by atoms with E-state index in [0.29, 0.717) is 13.0 Å². The van der Waals surface area contributed by atoms with Crippen LogP contribution in [0.15, 0.2) is 23.2 Å². The summed E-state index contributed by atoms with van der Waals surface area (Å²) in [5.41, 5.74) is 2.08. The van der Waals surface area contributed by atoms with Crippen LogP contribution in [0.3, 0.4) is 0 Å². The molecule has 0 unspecified atom stereocenters. The van der Waals surface area contributed by atoms with Crippen molar-refractivity contribution in [2.24, 2.45) is 4.99 Å². The molecule has 1 rings (SSSR count). The number of nitrogens with zero attached hydrogens (tertiary/aromatic N) is 1. The summed E-state index contributed by atoms with van der Waals surface area (Å²) in [6, 6.07) is 4.91. The topological polar surface area (TPSA) is 62.7 Å². The average molecular weight is 511 g/mol. The highest BCUT2D eigenvalue weighted by molar-refractivity contribution is 14.0. The second kappa shape index (κ2) is 16.0. The highest BCUT2D eigenvalue weighted by Gasteiger charge is 2.05. The lowest BCUT2D eigenvalue weighted by Crippen LogP contribution is -2.37. The van der Waals surface area contributed by atoms with Crippen molar-refractivity contribution >= 4 is 47.7 Å². The summed E-state index contributed by atoms with van der Waals surface area (Å²) in [5, 5.41) is 6.56. The lowest BCUT2D eigenvalue weighted by atomic mass is 10.1. The van der Waals surface area contributed by atoms with Gasteiger partial charge in [-0.1, -0.05) is 18.9 Å². The van der Waals surface area contributed by atoms with E-state index in [2.05, 4.69) is 20.4 Å². The number of unbranched alkanes of at least 4 members (excludes halogenated alkanes) is 3. The van der Waals surface area contributed by atoms with E-state index in [1.807, 2.05) is 12.3 Å². The van der Waals surface area contributed by atoms with Crippen molar-refractivity contribution in [3.05, 3.63) is 35.1 Å². The Labute approximate surface area is 183 Å². The normalized spacial score (nSPS) is 10.9. The molecule has 0 saturated carbocycles. The van der Waals surface area contributed by atoms with Crippen molar-refractivity contribution < 1.29 is 13.9 Å². The number of aliphatic imine (C=N–C) groups is 1. The number of halogens is 2. The monoisotopic (exact) mass is 511 g/mol. The van der Waals surface area contributed by atoms with Crippen LogP contribution in [0, 0.1) is 5.82 Å². The molecule has 5 nitrogen and oxygen atoms in total. The first-order chi connectivity index (χ1) is 12.6. The molecule has 8 heteroatoms. The van der Waals surface area contributed by atoms with Gasteiger partial charge in [0.15, 0.2) is 5.96 Å². The second-order valence-corrected chi connectivity index (χ2v) is 6.80. The van der Waals surface area contributed by atoms with E-state index in [4.69, 9.17) is 0 Å². The molecule has 27 heavy (non-hydrogen) atoms. The summed E-state index contributed by atoms with van der Waals surface area (Å²) < 4.78 is 18.0. The van der Waals surface area contributed by atoms with Gasteiger partial charge in [0.05, 0.1) is 7.11 Å². The summed E-state index contributed by atoms with van der Waals surface area (Å²) in [7, 11) is 3.15. The maximum absolute atomic E-state index is 13.4. The van der Waals surface area contributed by atoms with Crippen molar-refractivity contribution in [1.82, 2.24) is 10.6 Å². The number of thioether (sulfide) groups is 1. The van der Waals surface area contributed by atoms with E-state index in [1.165, 1.54) is 13.2 Å². The standard InChI is InChI=1S/C19H30FN3O2S.HI/c1-21-19(22-11-7-5-4-6-8-18(24)25-2)23-13-15-9-10-17(20)12-16(15)14-26-3;/h9-10,12H,4-8,11,13-14H2,1-3H3,(H2,21,22,23);1H. The smallest absolute Gasteiger partial charge is 0.305 e. The van der Waals surface area contributed by atoms with Crippen molar-refractivity contribution in [2.75, 3.05) is 27.0 Å². The minimum atomic E-state index is -0.201. The molecule has 0 aliphatic carbocycles. The number of methoxy groups -OCH3 is 1. The fourth-order valence-corrected chi connectivity index (χ4v) is 3.09. The zero-order valence-electron chi connectivity index (χ0n) is 16.3. The largest absolute Gasteiger partial charge is 0.469 e. The molecule has 0 fully saturated rings. The van der Waals surface area contributed by atoms with Gasteiger partial charge in [0.25, 0.3) is 0 Å². The van der Waals surface area contributed by atoms with E-state index in [1.54, 1.807) is 24.9 Å². The van der Waals surface area contributed by atoms with Gasteiger partial charge in [-0.2, -0.15) is 11.8 Å². The van der Waals surface area contributed by atoms with Gasteiger partial charge in [0, 0.05) is 32.3 Å². The molecule has 0 amide bonds. The van der Waals surface area contributed by atoms with Crippen LogP contribution in [0.2, 0.25) is 0 Å². The van der Waals surface area contributed by atoms with Crippen LogP contribution in [0.1, 0.15) is 43.2 Å². The minimum Gasteiger partial charge on any atom is -0.469 e. The highest BCUT2D eigenvalue weighted by atomic mass is 127. The van der Waals surface area contributed by atoms with Crippen LogP contribution in [-0.2, 0) is 21.8 Å². The van der Waals surface area contributed by atoms with Crippen molar-refractivity contribution in [3.63, 3.8) is 0 Å². The number of hydrogen-bond acceptors (Lipinski definition) is 4. The third-order valence-electron chi connectivity index (χ3n) is 3.97. The Morgan fingerprint density at radius 3 is 2.59 bits per heavy atom. The van der Waals surface area contributed by atoms with Crippen LogP contribution < -0.4 is 10.6 Å². The molecular formula is C19H31FIN3O2S. The number of esters is 1. The molecule has 0 radical (unpaired) electrons. The molecular weight excluding hydrogens is 480 g/mol. The van der Waals surface area contributed by atoms with E-state index in [9.17, 15) is 9.18 Å². The number of carbonyl (C=O) groups is 1. The molecule has 0 atom stereocenters. The maximum Gasteiger partial charge on any atom is 0.305 e. The number of nitrogens with one attached hydrogen (secondary N) is 2. The summed E-state index contributed by atoms with van der Waals surface area (Å²) >= 11 is 1.67. The SMILES string of the molecule is CN=C(NCCCCCCC(=O)OC)NCc1ccc(F)cc1CSC.I. The number of rotatable bonds is 11. The van der Waals surface area contributed by atoms with Crippen molar-refractivity contribution in [1.29, 1.82) is 0 Å². The minimum absolute atomic E-state index is 0. The average Bonchev–Trinajstić information content (AvgIpc) is 2.64. The Morgan fingerprint density at radius 1 is 1.19 bits per heavy atom. The van der Waals surface area contributed by atoms with Crippen molar-refractivity contribution in [2.45, 2.75) is 44.4 Å². The zero-order valence-corrected chi connectivity index (χ0v) is 19.5. The number of carbonyl (C=O) groups excluding carboxylic acids is 1. The van der Waals surface area contributed by atoms with Gasteiger partial charge in [0.2, 0.25) is 0 Å². The van der Waals surface area contributed by atoms with Crippen LogP contribution in [-0.4, -0.2) is 38.9 Å². The van der Waals surface area contributed by atoms with Gasteiger partial charge in [-0.3, -0.25) is 9.79 Å². The number of hydrogen-bond donors (Lipinski definition) is 2. The predicted octanol–water partition coefficient (Wildman–Crippen LogP) is 4.10. The molecule has 0 saturated heterocycles. The van der Waals surface area contributed by atoms with Crippen LogP contribution in [0.5, 0.6) is 0 Å². The van der Waals surface area contributed by atoms with E-state index in [0.717, 1.165) is 55.1 Å². The van der Waals surface area contributed by atoms with Gasteiger partial charge < -0.3 is 15.4 Å². The van der Waals surface area contributed by atoms with Gasteiger partial charge in [0.1, 0.15) is 5.82 Å². The first-order valence-electron chi connectivity index (χ1n) is 8.88. The molecule has 1 aromatic carbocycles. The third kappa shape index (κ3) is 11.4. The number of ether oxygens (including phenoxy) is 1. The Kier molecular flexibility index (Phi) is 15.4. The number of guanidine groups is 1. The fraction of sp³-hybridized carbons (Fsp3) is 0.579. The lowest BCUT2D eigenvalue weighted by Gasteiger charge is -2.14. The third-order valence-corrected chi connectivity index (χ3v) is 4.57. The fourth-order valence-electron chi connectivity index (χ4n) is 2.51. The molecule has 0 heterocycles. The van der Waals surface area contributed by atoms with Crippen LogP contribution >= 0.6 is 35.7 Å². The zero-order chi connectivity index (χ0) is 19.2. The predicted molar refractivity (Wildman–Crippen MR) is 122 cm³/mol. The molecule has 0 bridgehead atoms. The van der Waals surface area contributed by atoms with Crippen LogP contribution in [0.25, 0.3) is 0 Å². The molecule has 0 aromatic heterocycles. The van der Waals surface area contributed by atoms with Crippen LogP contribution in [0.4, 0.5) is 4.39 Å². The molecule has 1 aromatic rings. The Morgan fingerprint density at radius 2 is 1.93 bits per heavy atom. The number of benzene rings is 1. The summed E-state index contributed by atoms with van der Waals surface area (Å²) in [6.45, 7) is 1.42. The molecule has 0 aliphatic rings. The highest BCUT2D eigenvalue weighted by Crippen LogP contribution is 2.16. The molecule has 0 spiro atoms. The summed E-state index contributed by atoms with van der Waals surface area (Å²) in [6.07, 6.45) is 6.43. The van der Waals surface area contributed by atoms with Crippen molar-refractivity contribution in [3.8, 4) is 0 Å². The molecule has 154 valence electrons. The first-order valence-corrected chi connectivity index (χ1v) is 10.3. The Hall–Kier alpha value is -1.03. The Balaban J connectivity index is 0.00000676. The van der Waals surface area contributed by atoms with E-state index in [-0.39, 0.29) is 35.8 Å². The molecule has 2 N–H and O–H groups in total. The maximum atomic E-state index is 13.4.